The highest BCUT2D eigenvalue weighted by molar-refractivity contribution is 5.82. The fourth-order valence-electron chi connectivity index (χ4n) is 3.30. The monoisotopic (exact) mass is 253 g/mol. The van der Waals surface area contributed by atoms with E-state index < -0.39 is 0 Å². The number of carbonyl (C=O) groups excluding carboxylic acids is 1. The molecule has 0 radical (unpaired) electrons. The van der Waals surface area contributed by atoms with E-state index in [1.807, 2.05) is 27.7 Å². The lowest BCUT2D eigenvalue weighted by Gasteiger charge is -2.29. The molecule has 1 amide bonds. The Kier molecular flexibility index (Phi) is 3.70. The molecule has 3 N–H and O–H groups in total. The minimum absolute atomic E-state index is 0.0398. The van der Waals surface area contributed by atoms with E-state index in [0.717, 1.165) is 19.5 Å². The van der Waals surface area contributed by atoms with Gasteiger partial charge in [0.1, 0.15) is 0 Å². The predicted molar refractivity (Wildman–Crippen MR) is 73.1 cm³/mol. The molecule has 1 heterocycles. The van der Waals surface area contributed by atoms with E-state index in [4.69, 9.17) is 5.73 Å². The number of likely N-dealkylation sites (tertiary alicyclic amines) is 1. The minimum atomic E-state index is -0.155. The first-order valence-electron chi connectivity index (χ1n) is 7.09. The van der Waals surface area contributed by atoms with Crippen LogP contribution < -0.4 is 11.1 Å². The maximum absolute atomic E-state index is 12.2. The molecule has 4 nitrogen and oxygen atoms in total. The maximum atomic E-state index is 12.2. The van der Waals surface area contributed by atoms with Crippen LogP contribution in [0.2, 0.25) is 0 Å². The van der Waals surface area contributed by atoms with Crippen molar-refractivity contribution in [3.8, 4) is 0 Å². The van der Waals surface area contributed by atoms with E-state index >= 15 is 0 Å². The Morgan fingerprint density at radius 1 is 1.33 bits per heavy atom. The van der Waals surface area contributed by atoms with Gasteiger partial charge in [-0.25, -0.2) is 0 Å². The molecule has 104 valence electrons. The Morgan fingerprint density at radius 2 is 2.00 bits per heavy atom. The predicted octanol–water partition coefficient (Wildman–Crippen LogP) is 0.959. The smallest absolute Gasteiger partial charge is 0.237 e. The van der Waals surface area contributed by atoms with Crippen molar-refractivity contribution < 1.29 is 4.79 Å². The van der Waals surface area contributed by atoms with Crippen LogP contribution in [0.1, 0.15) is 40.5 Å². The van der Waals surface area contributed by atoms with E-state index in [-0.39, 0.29) is 17.5 Å². The molecule has 2 rings (SSSR count). The summed E-state index contributed by atoms with van der Waals surface area (Å²) in [6.07, 6.45) is 2.39. The summed E-state index contributed by atoms with van der Waals surface area (Å²) in [6, 6.07) is 0.305. The van der Waals surface area contributed by atoms with Crippen molar-refractivity contribution in [1.82, 2.24) is 10.2 Å². The number of nitrogens with two attached hydrogens (primary N) is 1. The molecule has 0 aromatic rings. The Balaban J connectivity index is 1.91. The van der Waals surface area contributed by atoms with E-state index in [9.17, 15) is 4.79 Å². The topological polar surface area (TPSA) is 58.4 Å². The van der Waals surface area contributed by atoms with Gasteiger partial charge in [-0.05, 0) is 52.4 Å². The first kappa shape index (κ1) is 13.8. The average Bonchev–Trinajstić information content (AvgIpc) is 2.77. The number of amides is 1. The van der Waals surface area contributed by atoms with Crippen LogP contribution in [-0.2, 0) is 4.79 Å². The van der Waals surface area contributed by atoms with Crippen LogP contribution in [0.25, 0.3) is 0 Å². The van der Waals surface area contributed by atoms with E-state index in [1.54, 1.807) is 0 Å². The number of carbonyl (C=O) groups is 1. The largest absolute Gasteiger partial charge is 0.350 e. The molecule has 4 heteroatoms. The maximum Gasteiger partial charge on any atom is 0.237 e. The highest BCUT2D eigenvalue weighted by Gasteiger charge is 2.43. The highest BCUT2D eigenvalue weighted by atomic mass is 16.2. The van der Waals surface area contributed by atoms with Crippen molar-refractivity contribution in [3.63, 3.8) is 0 Å². The highest BCUT2D eigenvalue weighted by Crippen LogP contribution is 2.37. The molecule has 1 saturated heterocycles. The fourth-order valence-corrected chi connectivity index (χ4v) is 3.30. The van der Waals surface area contributed by atoms with Gasteiger partial charge in [0.25, 0.3) is 0 Å². The number of nitrogens with one attached hydrogen (secondary N) is 1. The van der Waals surface area contributed by atoms with Crippen LogP contribution in [0, 0.1) is 11.8 Å². The van der Waals surface area contributed by atoms with Crippen molar-refractivity contribution >= 4 is 5.91 Å². The SMILES string of the molecule is CC(C(=O)NC(C)(C)C)N1CC2CCC(N)C2C1. The third-order valence-electron chi connectivity index (χ3n) is 4.37. The lowest BCUT2D eigenvalue weighted by molar-refractivity contribution is -0.127. The second-order valence-electron chi connectivity index (χ2n) is 7.03. The number of rotatable bonds is 2. The van der Waals surface area contributed by atoms with Crippen molar-refractivity contribution in [2.24, 2.45) is 17.6 Å². The van der Waals surface area contributed by atoms with Gasteiger partial charge in [0, 0.05) is 24.7 Å². The van der Waals surface area contributed by atoms with Gasteiger partial charge in [-0.3, -0.25) is 9.69 Å². The van der Waals surface area contributed by atoms with Crippen LogP contribution in [0.5, 0.6) is 0 Å². The zero-order valence-electron chi connectivity index (χ0n) is 12.1. The lowest BCUT2D eigenvalue weighted by Crippen LogP contribution is -2.50. The molecule has 0 aromatic heterocycles. The normalized spacial score (nSPS) is 34.4. The first-order chi connectivity index (χ1) is 8.28. The summed E-state index contributed by atoms with van der Waals surface area (Å²) in [7, 11) is 0. The van der Waals surface area contributed by atoms with E-state index in [2.05, 4.69) is 10.2 Å². The van der Waals surface area contributed by atoms with Gasteiger partial charge in [-0.15, -0.1) is 0 Å². The molecule has 4 atom stereocenters. The van der Waals surface area contributed by atoms with Gasteiger partial charge < -0.3 is 11.1 Å². The molecule has 2 fully saturated rings. The molecule has 1 saturated carbocycles. The lowest BCUT2D eigenvalue weighted by atomic mass is 9.98. The van der Waals surface area contributed by atoms with Crippen LogP contribution in [-0.4, -0.2) is 41.5 Å². The van der Waals surface area contributed by atoms with E-state index in [0.29, 0.717) is 17.9 Å². The summed E-state index contributed by atoms with van der Waals surface area (Å²) in [6.45, 7) is 10.1. The first-order valence-corrected chi connectivity index (χ1v) is 7.09. The van der Waals surface area contributed by atoms with Gasteiger partial charge in [-0.1, -0.05) is 0 Å². The number of nitrogens with zero attached hydrogens (tertiary/aromatic N) is 1. The quantitative estimate of drug-likeness (QED) is 0.770. The van der Waals surface area contributed by atoms with E-state index in [1.165, 1.54) is 6.42 Å². The number of hydrogen-bond donors (Lipinski definition) is 2. The number of hydrogen-bond acceptors (Lipinski definition) is 3. The second kappa shape index (κ2) is 4.82. The van der Waals surface area contributed by atoms with Crippen molar-refractivity contribution in [1.29, 1.82) is 0 Å². The Hall–Kier alpha value is -0.610. The van der Waals surface area contributed by atoms with Crippen LogP contribution in [0.15, 0.2) is 0 Å². The molecule has 4 unspecified atom stereocenters. The fraction of sp³-hybridized carbons (Fsp3) is 0.929. The molecule has 2 aliphatic rings. The van der Waals surface area contributed by atoms with Gasteiger partial charge in [0.15, 0.2) is 0 Å². The summed E-state index contributed by atoms with van der Waals surface area (Å²) in [5.41, 5.74) is 5.98. The van der Waals surface area contributed by atoms with Gasteiger partial charge in [0.05, 0.1) is 6.04 Å². The Morgan fingerprint density at radius 3 is 2.56 bits per heavy atom. The minimum Gasteiger partial charge on any atom is -0.350 e. The van der Waals surface area contributed by atoms with Crippen LogP contribution >= 0.6 is 0 Å². The average molecular weight is 253 g/mol. The summed E-state index contributed by atoms with van der Waals surface area (Å²) in [5.74, 6) is 1.45. The Bertz CT molecular complexity index is 323. The molecular weight excluding hydrogens is 226 g/mol. The standard InChI is InChI=1S/C14H27N3O/c1-9(13(18)16-14(2,3)4)17-7-10-5-6-12(15)11(10)8-17/h9-12H,5-8,15H2,1-4H3,(H,16,18). The second-order valence-corrected chi connectivity index (χ2v) is 7.03. The molecule has 1 aliphatic heterocycles. The Labute approximate surface area is 110 Å². The summed E-state index contributed by atoms with van der Waals surface area (Å²) < 4.78 is 0. The molecule has 0 bridgehead atoms. The van der Waals surface area contributed by atoms with Crippen LogP contribution in [0.4, 0.5) is 0 Å². The molecule has 0 aromatic carbocycles. The van der Waals surface area contributed by atoms with Crippen molar-refractivity contribution in [3.05, 3.63) is 0 Å². The van der Waals surface area contributed by atoms with Crippen LogP contribution in [0.3, 0.4) is 0 Å². The zero-order valence-corrected chi connectivity index (χ0v) is 12.1. The molecule has 0 spiro atoms. The third-order valence-corrected chi connectivity index (χ3v) is 4.37. The summed E-state index contributed by atoms with van der Waals surface area (Å²) in [4.78, 5) is 14.5. The molecular formula is C14H27N3O. The third kappa shape index (κ3) is 2.86. The van der Waals surface area contributed by atoms with Crippen molar-refractivity contribution in [2.75, 3.05) is 13.1 Å². The summed E-state index contributed by atoms with van der Waals surface area (Å²) in [5, 5.41) is 3.06. The number of fused-ring (bicyclic) bond motifs is 1. The van der Waals surface area contributed by atoms with Crippen molar-refractivity contribution in [2.45, 2.75) is 58.2 Å². The van der Waals surface area contributed by atoms with Gasteiger partial charge in [-0.2, -0.15) is 0 Å². The molecule has 1 aliphatic carbocycles. The molecule has 18 heavy (non-hydrogen) atoms. The summed E-state index contributed by atoms with van der Waals surface area (Å²) >= 11 is 0. The zero-order chi connectivity index (χ0) is 13.5. The van der Waals surface area contributed by atoms with Gasteiger partial charge in [0.2, 0.25) is 5.91 Å². The van der Waals surface area contributed by atoms with Gasteiger partial charge >= 0.3 is 0 Å².